The summed E-state index contributed by atoms with van der Waals surface area (Å²) in [5.74, 6) is 0.933. The molecule has 2 N–H and O–H groups in total. The Morgan fingerprint density at radius 3 is 2.86 bits per heavy atom. The predicted octanol–water partition coefficient (Wildman–Crippen LogP) is 2.60. The molecule has 1 saturated heterocycles. The van der Waals surface area contributed by atoms with Crippen LogP contribution in [0, 0.1) is 4.77 Å². The minimum absolute atomic E-state index is 0.166. The molecular formula is C20H25N5O3S. The summed E-state index contributed by atoms with van der Waals surface area (Å²) in [4.78, 5) is 27.6. The highest BCUT2D eigenvalue weighted by atomic mass is 32.1. The zero-order chi connectivity index (χ0) is 20.4. The number of H-pyrrole nitrogens is 1. The fraction of sp³-hybridized carbons (Fsp3) is 0.500. The Bertz CT molecular complexity index is 965. The van der Waals surface area contributed by atoms with Crippen molar-refractivity contribution >= 4 is 24.0 Å². The molecule has 4 rings (SSSR count). The van der Waals surface area contributed by atoms with Crippen LogP contribution < -0.4 is 10.1 Å². The lowest BCUT2D eigenvalue weighted by Gasteiger charge is -2.25. The Hall–Kier alpha value is -2.68. The Kier molecular flexibility index (Phi) is 5.66. The number of hydrogen-bond acceptors (Lipinski definition) is 5. The van der Waals surface area contributed by atoms with Crippen LogP contribution in [0.15, 0.2) is 24.3 Å². The second kappa shape index (κ2) is 8.36. The maximum absolute atomic E-state index is 13.1. The average Bonchev–Trinajstić information content (AvgIpc) is 3.31. The van der Waals surface area contributed by atoms with Crippen molar-refractivity contribution in [1.82, 2.24) is 25.0 Å². The number of ether oxygens (including phenoxy) is 1. The van der Waals surface area contributed by atoms with Crippen molar-refractivity contribution in [3.05, 3.63) is 40.4 Å². The molecule has 154 valence electrons. The van der Waals surface area contributed by atoms with Crippen LogP contribution in [0.3, 0.4) is 0 Å². The van der Waals surface area contributed by atoms with Gasteiger partial charge in [-0.05, 0) is 57.0 Å². The molecule has 2 aromatic rings. The van der Waals surface area contributed by atoms with Gasteiger partial charge < -0.3 is 15.0 Å². The lowest BCUT2D eigenvalue weighted by atomic mass is 10.1. The van der Waals surface area contributed by atoms with Crippen LogP contribution in [0.4, 0.5) is 0 Å². The third-order valence-corrected chi connectivity index (χ3v) is 5.63. The van der Waals surface area contributed by atoms with E-state index in [9.17, 15) is 9.59 Å². The molecule has 2 aliphatic rings. The monoisotopic (exact) mass is 415 g/mol. The molecule has 0 spiro atoms. The first-order valence-corrected chi connectivity index (χ1v) is 10.5. The number of amides is 2. The van der Waals surface area contributed by atoms with Gasteiger partial charge in [-0.15, -0.1) is 0 Å². The quantitative estimate of drug-likeness (QED) is 0.678. The number of aromatic nitrogens is 3. The van der Waals surface area contributed by atoms with E-state index in [4.69, 9.17) is 17.0 Å². The number of nitrogens with zero attached hydrogens (tertiary/aromatic N) is 3. The third-order valence-electron chi connectivity index (χ3n) is 5.34. The zero-order valence-electron chi connectivity index (χ0n) is 16.4. The van der Waals surface area contributed by atoms with E-state index in [2.05, 4.69) is 15.5 Å². The van der Waals surface area contributed by atoms with E-state index in [0.717, 1.165) is 25.1 Å². The number of likely N-dealkylation sites (tertiary alicyclic amines) is 1. The van der Waals surface area contributed by atoms with Gasteiger partial charge in [0.25, 0.3) is 5.91 Å². The highest BCUT2D eigenvalue weighted by molar-refractivity contribution is 7.71. The van der Waals surface area contributed by atoms with Gasteiger partial charge in [0.2, 0.25) is 5.91 Å². The van der Waals surface area contributed by atoms with Gasteiger partial charge in [0.05, 0.1) is 18.7 Å². The molecule has 0 radical (unpaired) electrons. The Labute approximate surface area is 174 Å². The second-order valence-electron chi connectivity index (χ2n) is 7.35. The first-order valence-electron chi connectivity index (χ1n) is 10.1. The van der Waals surface area contributed by atoms with Crippen molar-refractivity contribution in [3.63, 3.8) is 0 Å². The molecule has 2 heterocycles. The summed E-state index contributed by atoms with van der Waals surface area (Å²) in [5.41, 5.74) is 0.490. The number of nitrogens with one attached hydrogen (secondary N) is 2. The van der Waals surface area contributed by atoms with Crippen molar-refractivity contribution < 1.29 is 14.3 Å². The smallest absolute Gasteiger partial charge is 0.258 e. The van der Waals surface area contributed by atoms with E-state index >= 15 is 0 Å². The van der Waals surface area contributed by atoms with Gasteiger partial charge in [0.15, 0.2) is 10.6 Å². The normalized spacial score (nSPS) is 18.7. The molecule has 29 heavy (non-hydrogen) atoms. The fourth-order valence-electron chi connectivity index (χ4n) is 3.82. The third kappa shape index (κ3) is 4.05. The van der Waals surface area contributed by atoms with Crippen molar-refractivity contribution in [2.45, 2.75) is 51.2 Å². The van der Waals surface area contributed by atoms with Gasteiger partial charge in [-0.1, -0.05) is 12.1 Å². The molecule has 2 fully saturated rings. The molecule has 2 amide bonds. The van der Waals surface area contributed by atoms with Gasteiger partial charge in [0.1, 0.15) is 11.8 Å². The number of benzene rings is 1. The van der Waals surface area contributed by atoms with Crippen LogP contribution in [0.2, 0.25) is 0 Å². The molecule has 1 aliphatic carbocycles. The molecule has 1 unspecified atom stereocenters. The number of rotatable bonds is 7. The molecule has 1 aliphatic heterocycles. The molecule has 1 atom stereocenters. The van der Waals surface area contributed by atoms with E-state index < -0.39 is 6.04 Å². The van der Waals surface area contributed by atoms with E-state index in [1.54, 1.807) is 17.0 Å². The minimum Gasteiger partial charge on any atom is -0.493 e. The summed E-state index contributed by atoms with van der Waals surface area (Å²) in [6, 6.07) is 7.06. The number of hydrogen-bond donors (Lipinski definition) is 2. The summed E-state index contributed by atoms with van der Waals surface area (Å²) in [7, 11) is 0. The Morgan fingerprint density at radius 1 is 1.31 bits per heavy atom. The molecule has 8 nitrogen and oxygen atoms in total. The fourth-order valence-corrected chi connectivity index (χ4v) is 4.12. The number of para-hydroxylation sites is 1. The maximum Gasteiger partial charge on any atom is 0.258 e. The predicted molar refractivity (Wildman–Crippen MR) is 109 cm³/mol. The highest BCUT2D eigenvalue weighted by Crippen LogP contribution is 2.35. The van der Waals surface area contributed by atoms with Gasteiger partial charge in [-0.25, -0.2) is 0 Å². The minimum atomic E-state index is -0.492. The van der Waals surface area contributed by atoms with Crippen molar-refractivity contribution in [2.75, 3.05) is 13.2 Å². The van der Waals surface area contributed by atoms with Crippen LogP contribution in [-0.2, 0) is 11.3 Å². The molecule has 1 saturated carbocycles. The van der Waals surface area contributed by atoms with Crippen LogP contribution in [0.1, 0.15) is 54.8 Å². The first-order chi connectivity index (χ1) is 14.1. The summed E-state index contributed by atoms with van der Waals surface area (Å²) in [5, 5.41) is 9.99. The van der Waals surface area contributed by atoms with E-state index in [1.165, 1.54) is 0 Å². The standard InChI is InChI=1S/C20H25N5O3S/c1-2-28-16-8-4-3-6-14(16)19(27)24-11-5-7-15(24)18(26)21-12-17-22-23-20(29)25(17)13-9-10-13/h3-4,6,8,13,15H,2,5,7,9-12H2,1H3,(H,21,26)(H,23,29). The van der Waals surface area contributed by atoms with Gasteiger partial charge in [-0.2, -0.15) is 5.10 Å². The second-order valence-corrected chi connectivity index (χ2v) is 7.74. The Balaban J connectivity index is 1.45. The molecule has 9 heteroatoms. The van der Waals surface area contributed by atoms with Gasteiger partial charge in [-0.3, -0.25) is 19.3 Å². The number of aromatic amines is 1. The summed E-state index contributed by atoms with van der Waals surface area (Å²) >= 11 is 5.28. The number of carbonyl (C=O) groups excluding carboxylic acids is 2. The van der Waals surface area contributed by atoms with E-state index in [-0.39, 0.29) is 18.4 Å². The Morgan fingerprint density at radius 2 is 2.10 bits per heavy atom. The van der Waals surface area contributed by atoms with Crippen molar-refractivity contribution in [2.24, 2.45) is 0 Å². The highest BCUT2D eigenvalue weighted by Gasteiger charge is 2.35. The van der Waals surface area contributed by atoms with Crippen LogP contribution in [0.5, 0.6) is 5.75 Å². The largest absolute Gasteiger partial charge is 0.493 e. The molecule has 0 bridgehead atoms. The molecular weight excluding hydrogens is 390 g/mol. The number of carbonyl (C=O) groups is 2. The maximum atomic E-state index is 13.1. The van der Waals surface area contributed by atoms with Crippen molar-refractivity contribution in [1.29, 1.82) is 0 Å². The lowest BCUT2D eigenvalue weighted by molar-refractivity contribution is -0.125. The van der Waals surface area contributed by atoms with Crippen molar-refractivity contribution in [3.8, 4) is 5.75 Å². The van der Waals surface area contributed by atoms with Gasteiger partial charge in [0, 0.05) is 12.6 Å². The average molecular weight is 416 g/mol. The molecule has 1 aromatic carbocycles. The zero-order valence-corrected chi connectivity index (χ0v) is 17.2. The SMILES string of the molecule is CCOc1ccccc1C(=O)N1CCCC1C(=O)NCc1n[nH]c(=S)n1C1CC1. The van der Waals surface area contributed by atoms with Crippen LogP contribution >= 0.6 is 12.2 Å². The lowest BCUT2D eigenvalue weighted by Crippen LogP contribution is -2.46. The van der Waals surface area contributed by atoms with E-state index in [1.807, 2.05) is 23.6 Å². The summed E-state index contributed by atoms with van der Waals surface area (Å²) in [6.45, 7) is 3.20. The van der Waals surface area contributed by atoms with Gasteiger partial charge >= 0.3 is 0 Å². The first kappa shape index (κ1) is 19.6. The topological polar surface area (TPSA) is 92.2 Å². The molecule has 1 aromatic heterocycles. The summed E-state index contributed by atoms with van der Waals surface area (Å²) in [6.07, 6.45) is 3.60. The van der Waals surface area contributed by atoms with Crippen LogP contribution in [0.25, 0.3) is 0 Å². The summed E-state index contributed by atoms with van der Waals surface area (Å²) < 4.78 is 8.15. The van der Waals surface area contributed by atoms with Crippen LogP contribution in [-0.4, -0.2) is 50.7 Å². The van der Waals surface area contributed by atoms with E-state index in [0.29, 0.717) is 41.7 Å².